The molecule has 0 fully saturated rings. The Balaban J connectivity index is 1.65. The minimum absolute atomic E-state index is 0.291. The molecule has 0 spiro atoms. The molecule has 4 aromatic rings. The molecule has 0 aliphatic heterocycles. The number of carbonyl (C=O) groups is 1. The highest BCUT2D eigenvalue weighted by atomic mass is 32.2. The predicted molar refractivity (Wildman–Crippen MR) is 145 cm³/mol. The van der Waals surface area contributed by atoms with Crippen molar-refractivity contribution < 1.29 is 14.6 Å². The van der Waals surface area contributed by atoms with Gasteiger partial charge in [0, 0.05) is 36.1 Å². The Morgan fingerprint density at radius 2 is 1.89 bits per heavy atom. The summed E-state index contributed by atoms with van der Waals surface area (Å²) in [6, 6.07) is 20.0. The Hall–Kier alpha value is -3.20. The third-order valence-electron chi connectivity index (χ3n) is 5.41. The van der Waals surface area contributed by atoms with E-state index in [4.69, 9.17) is 9.84 Å². The molecule has 0 atom stereocenters. The third kappa shape index (κ3) is 6.69. The van der Waals surface area contributed by atoms with Crippen molar-refractivity contribution in [1.82, 2.24) is 14.8 Å². The first-order valence-corrected chi connectivity index (χ1v) is 16.0. The maximum atomic E-state index is 11.6. The van der Waals surface area contributed by atoms with Crippen molar-refractivity contribution in [2.45, 2.75) is 42.2 Å². The minimum Gasteiger partial charge on any atom is -0.478 e. The lowest BCUT2D eigenvalue weighted by atomic mass is 10.2. The Labute approximate surface area is 210 Å². The molecular formula is C27H29N3O3SSi. The summed E-state index contributed by atoms with van der Waals surface area (Å²) in [6.07, 6.45) is 5.68. The maximum absolute atomic E-state index is 11.6. The largest absolute Gasteiger partial charge is 0.478 e. The molecule has 4 rings (SSSR count). The second-order valence-electron chi connectivity index (χ2n) is 9.40. The first-order chi connectivity index (χ1) is 16.8. The van der Waals surface area contributed by atoms with Crippen molar-refractivity contribution in [2.24, 2.45) is 0 Å². The molecule has 0 amide bonds. The Morgan fingerprint density at radius 3 is 2.63 bits per heavy atom. The summed E-state index contributed by atoms with van der Waals surface area (Å²) < 4.78 is 7.88. The van der Waals surface area contributed by atoms with E-state index in [9.17, 15) is 9.90 Å². The van der Waals surface area contributed by atoms with Gasteiger partial charge >= 0.3 is 5.97 Å². The van der Waals surface area contributed by atoms with Crippen LogP contribution in [0.5, 0.6) is 0 Å². The van der Waals surface area contributed by atoms with Crippen LogP contribution in [0.15, 0.2) is 76.7 Å². The summed E-state index contributed by atoms with van der Waals surface area (Å²) in [5.41, 5.74) is 2.93. The number of ether oxygens (including phenoxy) is 1. The second-order valence-corrected chi connectivity index (χ2v) is 16.1. The Morgan fingerprint density at radius 1 is 1.09 bits per heavy atom. The molecule has 0 saturated heterocycles. The van der Waals surface area contributed by atoms with Crippen LogP contribution >= 0.6 is 11.8 Å². The highest BCUT2D eigenvalue weighted by Crippen LogP contribution is 2.33. The zero-order chi connectivity index (χ0) is 24.8. The normalized spacial score (nSPS) is 12.0. The number of hydrogen-bond donors (Lipinski definition) is 1. The highest BCUT2D eigenvalue weighted by molar-refractivity contribution is 7.99. The number of fused-ring (bicyclic) bond motifs is 1. The predicted octanol–water partition coefficient (Wildman–Crippen LogP) is 6.76. The van der Waals surface area contributed by atoms with E-state index >= 15 is 0 Å². The van der Waals surface area contributed by atoms with Crippen LogP contribution < -0.4 is 0 Å². The van der Waals surface area contributed by atoms with Gasteiger partial charge in [-0.3, -0.25) is 4.98 Å². The monoisotopic (exact) mass is 503 g/mol. The standard InChI is InChI=1S/C27H29N3O3SSi/c1-35(2,3)17-16-33-19-30-25-18-21(34-26-10-5-4-9-23(26)27(31)32)12-13-22(25)24(29-30)14-11-20-8-6-7-15-28-20/h4-15,18H,16-17,19H2,1-3H3,(H,31,32)/b14-11+. The number of hydrogen-bond acceptors (Lipinski definition) is 5. The SMILES string of the molecule is C[Si](C)(C)CCOCn1nc(/C=C/c2ccccn2)c2ccc(Sc3ccccc3C(=O)O)cc21. The van der Waals surface area contributed by atoms with Gasteiger partial charge in [0.05, 0.1) is 22.5 Å². The van der Waals surface area contributed by atoms with Gasteiger partial charge in [-0.15, -0.1) is 0 Å². The van der Waals surface area contributed by atoms with Crippen molar-refractivity contribution in [1.29, 1.82) is 0 Å². The van der Waals surface area contributed by atoms with Crippen molar-refractivity contribution >= 4 is 48.9 Å². The molecule has 0 saturated carbocycles. The number of pyridine rings is 1. The van der Waals surface area contributed by atoms with Crippen LogP contribution in [-0.2, 0) is 11.5 Å². The number of aromatic nitrogens is 3. The zero-order valence-corrected chi connectivity index (χ0v) is 22.0. The van der Waals surface area contributed by atoms with Crippen molar-refractivity contribution in [3.63, 3.8) is 0 Å². The van der Waals surface area contributed by atoms with Gasteiger partial charge in [-0.1, -0.05) is 49.6 Å². The van der Waals surface area contributed by atoms with Gasteiger partial charge < -0.3 is 9.84 Å². The van der Waals surface area contributed by atoms with E-state index in [1.54, 1.807) is 18.3 Å². The van der Waals surface area contributed by atoms with Gasteiger partial charge in [0.15, 0.2) is 0 Å². The van der Waals surface area contributed by atoms with Gasteiger partial charge in [-0.05, 0) is 60.7 Å². The number of carboxylic acids is 1. The number of nitrogens with zero attached hydrogens (tertiary/aromatic N) is 3. The van der Waals surface area contributed by atoms with Crippen molar-refractivity contribution in [2.75, 3.05) is 6.61 Å². The fourth-order valence-corrected chi connectivity index (χ4v) is 5.22. The van der Waals surface area contributed by atoms with Gasteiger partial charge in [0.25, 0.3) is 0 Å². The lowest BCUT2D eigenvalue weighted by Gasteiger charge is -2.15. The quantitative estimate of drug-likeness (QED) is 0.190. The van der Waals surface area contributed by atoms with Crippen molar-refractivity contribution in [3.8, 4) is 0 Å². The lowest BCUT2D eigenvalue weighted by Crippen LogP contribution is -2.22. The van der Waals surface area contributed by atoms with Gasteiger partial charge in [-0.25, -0.2) is 9.48 Å². The van der Waals surface area contributed by atoms with Gasteiger partial charge in [0.2, 0.25) is 0 Å². The topological polar surface area (TPSA) is 77.2 Å². The van der Waals surface area contributed by atoms with E-state index in [1.807, 2.05) is 65.4 Å². The van der Waals surface area contributed by atoms with E-state index in [0.717, 1.165) is 33.2 Å². The summed E-state index contributed by atoms with van der Waals surface area (Å²) in [7, 11) is -1.19. The molecule has 0 aliphatic carbocycles. The first-order valence-electron chi connectivity index (χ1n) is 11.5. The smallest absolute Gasteiger partial charge is 0.336 e. The molecule has 8 heteroatoms. The fraction of sp³-hybridized carbons (Fsp3) is 0.222. The fourth-order valence-electron chi connectivity index (χ4n) is 3.49. The average molecular weight is 504 g/mol. The van der Waals surface area contributed by atoms with Crippen LogP contribution in [0.4, 0.5) is 0 Å². The number of aromatic carboxylic acids is 1. The average Bonchev–Trinajstić information content (AvgIpc) is 3.17. The van der Waals surface area contributed by atoms with E-state index in [-0.39, 0.29) is 0 Å². The third-order valence-corrected chi connectivity index (χ3v) is 8.18. The van der Waals surface area contributed by atoms with Crippen LogP contribution in [0.3, 0.4) is 0 Å². The molecular weight excluding hydrogens is 474 g/mol. The second kappa shape index (κ2) is 11.0. The van der Waals surface area contributed by atoms with E-state index in [1.165, 1.54) is 11.8 Å². The molecule has 0 bridgehead atoms. The van der Waals surface area contributed by atoms with E-state index < -0.39 is 14.0 Å². The Kier molecular flexibility index (Phi) is 7.85. The summed E-state index contributed by atoms with van der Waals surface area (Å²) >= 11 is 1.43. The molecule has 180 valence electrons. The molecule has 2 aromatic carbocycles. The summed E-state index contributed by atoms with van der Waals surface area (Å²) in [4.78, 5) is 17.6. The zero-order valence-electron chi connectivity index (χ0n) is 20.1. The highest BCUT2D eigenvalue weighted by Gasteiger charge is 2.15. The van der Waals surface area contributed by atoms with Gasteiger partial charge in [0.1, 0.15) is 6.73 Å². The number of carboxylic acid groups (broad SMARTS) is 1. The van der Waals surface area contributed by atoms with Crippen LogP contribution in [0.2, 0.25) is 25.7 Å². The molecule has 0 unspecified atom stereocenters. The van der Waals surface area contributed by atoms with E-state index in [0.29, 0.717) is 23.8 Å². The molecule has 6 nitrogen and oxygen atoms in total. The summed E-state index contributed by atoms with van der Waals surface area (Å²) in [5.74, 6) is -0.933. The lowest BCUT2D eigenvalue weighted by molar-refractivity contribution is 0.0693. The molecule has 1 N–H and O–H groups in total. The molecule has 2 heterocycles. The van der Waals surface area contributed by atoms with Crippen molar-refractivity contribution in [3.05, 3.63) is 83.8 Å². The van der Waals surface area contributed by atoms with Crippen LogP contribution in [0, 0.1) is 0 Å². The van der Waals surface area contributed by atoms with Crippen LogP contribution in [0.1, 0.15) is 21.7 Å². The minimum atomic E-state index is -1.19. The number of benzene rings is 2. The molecule has 0 aliphatic rings. The van der Waals surface area contributed by atoms with Gasteiger partial charge in [-0.2, -0.15) is 5.10 Å². The molecule has 0 radical (unpaired) electrons. The van der Waals surface area contributed by atoms with Crippen LogP contribution in [-0.4, -0.2) is 40.5 Å². The molecule has 35 heavy (non-hydrogen) atoms. The summed E-state index contributed by atoms with van der Waals surface area (Å²) in [5, 5.41) is 15.4. The first kappa shape index (κ1) is 24.9. The maximum Gasteiger partial charge on any atom is 0.336 e. The van der Waals surface area contributed by atoms with E-state index in [2.05, 4.69) is 24.6 Å². The van der Waals surface area contributed by atoms with Crippen LogP contribution in [0.25, 0.3) is 23.1 Å². The summed E-state index contributed by atoms with van der Waals surface area (Å²) in [6.45, 7) is 8.06. The Bertz CT molecular complexity index is 1350. The molecule has 2 aromatic heterocycles. The number of rotatable bonds is 10.